The quantitative estimate of drug-likeness (QED) is 0.875. The number of nitrogens with one attached hydrogen (secondary N) is 1. The molecular weight excluding hydrogens is 320 g/mol. The van der Waals surface area contributed by atoms with Crippen molar-refractivity contribution in [1.29, 1.82) is 0 Å². The number of fused-ring (bicyclic) bond motifs is 1. The molecule has 1 saturated carbocycles. The number of aromatic nitrogens is 1. The van der Waals surface area contributed by atoms with Gasteiger partial charge in [-0.05, 0) is 52.7 Å². The second-order valence-corrected chi connectivity index (χ2v) is 6.68. The Hall–Kier alpha value is -0.980. The van der Waals surface area contributed by atoms with E-state index in [0.29, 0.717) is 30.2 Å². The number of pyridine rings is 1. The Labute approximate surface area is 127 Å². The monoisotopic (exact) mass is 338 g/mol. The highest BCUT2D eigenvalue weighted by Gasteiger charge is 2.41. The Morgan fingerprint density at radius 1 is 1.45 bits per heavy atom. The summed E-state index contributed by atoms with van der Waals surface area (Å²) in [6.45, 7) is 2.38. The standard InChI is InChI=1S/C14H19BrN4O/c15-10-2-4-13(17-5-10)18-14(20)8-19-6-9-1-3-12(16)11(9)7-19/h2,4-5,9,11-12H,1,3,6-8,16H2,(H,17,18,20). The van der Waals surface area contributed by atoms with Crippen LogP contribution in [0.25, 0.3) is 0 Å². The largest absolute Gasteiger partial charge is 0.327 e. The van der Waals surface area contributed by atoms with Crippen LogP contribution in [0, 0.1) is 11.8 Å². The Kier molecular flexibility index (Phi) is 4.05. The lowest BCUT2D eigenvalue weighted by atomic mass is 9.98. The average Bonchev–Trinajstić information content (AvgIpc) is 2.95. The van der Waals surface area contributed by atoms with Gasteiger partial charge in [0.15, 0.2) is 0 Å². The molecule has 6 heteroatoms. The topological polar surface area (TPSA) is 71.2 Å². The number of carbonyl (C=O) groups is 1. The van der Waals surface area contributed by atoms with Crippen LogP contribution in [0.1, 0.15) is 12.8 Å². The Morgan fingerprint density at radius 3 is 3.00 bits per heavy atom. The molecule has 2 fully saturated rings. The number of carbonyl (C=O) groups excluding carboxylic acids is 1. The Morgan fingerprint density at radius 2 is 2.30 bits per heavy atom. The maximum Gasteiger partial charge on any atom is 0.239 e. The fourth-order valence-corrected chi connectivity index (χ4v) is 3.60. The van der Waals surface area contributed by atoms with E-state index in [1.54, 1.807) is 12.3 Å². The van der Waals surface area contributed by atoms with Gasteiger partial charge in [-0.3, -0.25) is 9.69 Å². The van der Waals surface area contributed by atoms with Crippen molar-refractivity contribution in [3.8, 4) is 0 Å². The van der Waals surface area contributed by atoms with Crippen molar-refractivity contribution in [2.45, 2.75) is 18.9 Å². The summed E-state index contributed by atoms with van der Waals surface area (Å²) in [6, 6.07) is 3.97. The molecule has 1 aliphatic carbocycles. The van der Waals surface area contributed by atoms with Crippen LogP contribution in [0.5, 0.6) is 0 Å². The van der Waals surface area contributed by atoms with Crippen LogP contribution in [0.15, 0.2) is 22.8 Å². The summed E-state index contributed by atoms with van der Waals surface area (Å²) in [6.07, 6.45) is 4.02. The second kappa shape index (κ2) is 5.79. The average molecular weight is 339 g/mol. The number of nitrogens with zero attached hydrogens (tertiary/aromatic N) is 2. The van der Waals surface area contributed by atoms with Crippen molar-refractivity contribution < 1.29 is 4.79 Å². The van der Waals surface area contributed by atoms with Crippen molar-refractivity contribution >= 4 is 27.7 Å². The third-order valence-electron chi connectivity index (χ3n) is 4.35. The molecule has 2 heterocycles. The number of halogens is 1. The minimum atomic E-state index is -0.00614. The summed E-state index contributed by atoms with van der Waals surface area (Å²) >= 11 is 3.32. The van der Waals surface area contributed by atoms with E-state index in [1.807, 2.05) is 6.07 Å². The van der Waals surface area contributed by atoms with E-state index in [9.17, 15) is 4.79 Å². The zero-order valence-electron chi connectivity index (χ0n) is 11.3. The summed E-state index contributed by atoms with van der Waals surface area (Å²) in [5.41, 5.74) is 6.11. The number of nitrogens with two attached hydrogens (primary N) is 1. The molecule has 20 heavy (non-hydrogen) atoms. The van der Waals surface area contributed by atoms with Crippen LogP contribution in [0.3, 0.4) is 0 Å². The Balaban J connectivity index is 1.51. The maximum absolute atomic E-state index is 12.0. The number of amides is 1. The third kappa shape index (κ3) is 3.02. The van der Waals surface area contributed by atoms with Gasteiger partial charge in [0, 0.05) is 29.8 Å². The van der Waals surface area contributed by atoms with Gasteiger partial charge in [0.05, 0.1) is 6.54 Å². The number of hydrogen-bond acceptors (Lipinski definition) is 4. The molecule has 3 atom stereocenters. The van der Waals surface area contributed by atoms with Crippen molar-refractivity contribution in [2.24, 2.45) is 17.6 Å². The molecule has 1 aromatic heterocycles. The zero-order chi connectivity index (χ0) is 14.1. The van der Waals surface area contributed by atoms with Crippen LogP contribution >= 0.6 is 15.9 Å². The molecule has 3 unspecified atom stereocenters. The first-order valence-corrected chi connectivity index (χ1v) is 7.80. The van der Waals surface area contributed by atoms with E-state index in [-0.39, 0.29) is 5.91 Å². The molecule has 108 valence electrons. The fourth-order valence-electron chi connectivity index (χ4n) is 3.36. The molecule has 2 aliphatic rings. The minimum absolute atomic E-state index is 0.00614. The Bertz CT molecular complexity index is 492. The van der Waals surface area contributed by atoms with Crippen molar-refractivity contribution in [2.75, 3.05) is 25.0 Å². The molecule has 3 N–H and O–H groups in total. The molecular formula is C14H19BrN4O. The van der Waals surface area contributed by atoms with Crippen molar-refractivity contribution in [1.82, 2.24) is 9.88 Å². The van der Waals surface area contributed by atoms with Crippen molar-refractivity contribution in [3.63, 3.8) is 0 Å². The number of likely N-dealkylation sites (tertiary alicyclic amines) is 1. The molecule has 1 aliphatic heterocycles. The highest BCUT2D eigenvalue weighted by atomic mass is 79.9. The lowest BCUT2D eigenvalue weighted by Gasteiger charge is -2.17. The number of hydrogen-bond donors (Lipinski definition) is 2. The van der Waals surface area contributed by atoms with Gasteiger partial charge in [-0.25, -0.2) is 4.98 Å². The molecule has 0 spiro atoms. The maximum atomic E-state index is 12.0. The third-order valence-corrected chi connectivity index (χ3v) is 4.82. The normalized spacial score (nSPS) is 29.4. The zero-order valence-corrected chi connectivity index (χ0v) is 12.8. The predicted molar refractivity (Wildman–Crippen MR) is 81.2 cm³/mol. The fraction of sp³-hybridized carbons (Fsp3) is 0.571. The summed E-state index contributed by atoms with van der Waals surface area (Å²) in [5, 5.41) is 2.83. The lowest BCUT2D eigenvalue weighted by molar-refractivity contribution is -0.117. The minimum Gasteiger partial charge on any atom is -0.327 e. The SMILES string of the molecule is NC1CCC2CN(CC(=O)Nc3ccc(Br)cn3)CC12. The molecule has 0 radical (unpaired) electrons. The highest BCUT2D eigenvalue weighted by molar-refractivity contribution is 9.10. The number of rotatable bonds is 3. The molecule has 1 amide bonds. The van der Waals surface area contributed by atoms with Crippen LogP contribution in [0.2, 0.25) is 0 Å². The summed E-state index contributed by atoms with van der Waals surface area (Å²) in [7, 11) is 0. The van der Waals surface area contributed by atoms with Gasteiger partial charge in [0.2, 0.25) is 5.91 Å². The van der Waals surface area contributed by atoms with E-state index in [2.05, 4.69) is 31.1 Å². The molecule has 1 aromatic rings. The number of anilines is 1. The summed E-state index contributed by atoms with van der Waals surface area (Å²) in [5.74, 6) is 1.85. The highest BCUT2D eigenvalue weighted by Crippen LogP contribution is 2.36. The van der Waals surface area contributed by atoms with Gasteiger partial charge in [-0.2, -0.15) is 0 Å². The first-order valence-electron chi connectivity index (χ1n) is 7.01. The van der Waals surface area contributed by atoms with Gasteiger partial charge in [-0.15, -0.1) is 0 Å². The van der Waals surface area contributed by atoms with Crippen LogP contribution in [0.4, 0.5) is 5.82 Å². The lowest BCUT2D eigenvalue weighted by Crippen LogP contribution is -2.34. The second-order valence-electron chi connectivity index (χ2n) is 5.77. The molecule has 3 rings (SSSR count). The van der Waals surface area contributed by atoms with E-state index in [4.69, 9.17) is 5.73 Å². The van der Waals surface area contributed by atoms with Gasteiger partial charge in [0.1, 0.15) is 5.82 Å². The van der Waals surface area contributed by atoms with E-state index in [1.165, 1.54) is 6.42 Å². The predicted octanol–water partition coefficient (Wildman–Crippen LogP) is 1.45. The van der Waals surface area contributed by atoms with Gasteiger partial charge >= 0.3 is 0 Å². The smallest absolute Gasteiger partial charge is 0.239 e. The first kappa shape index (κ1) is 14.0. The molecule has 1 saturated heterocycles. The molecule has 0 bridgehead atoms. The summed E-state index contributed by atoms with van der Waals surface area (Å²) < 4.78 is 0.900. The van der Waals surface area contributed by atoms with Gasteiger partial charge < -0.3 is 11.1 Å². The van der Waals surface area contributed by atoms with E-state index >= 15 is 0 Å². The first-order chi connectivity index (χ1) is 9.61. The van der Waals surface area contributed by atoms with E-state index in [0.717, 1.165) is 24.0 Å². The van der Waals surface area contributed by atoms with Crippen molar-refractivity contribution in [3.05, 3.63) is 22.8 Å². The molecule has 5 nitrogen and oxygen atoms in total. The van der Waals surface area contributed by atoms with Crippen LogP contribution in [-0.4, -0.2) is 41.5 Å². The van der Waals surface area contributed by atoms with E-state index < -0.39 is 0 Å². The van der Waals surface area contributed by atoms with Gasteiger partial charge in [-0.1, -0.05) is 0 Å². The molecule has 0 aromatic carbocycles. The van der Waals surface area contributed by atoms with Crippen LogP contribution < -0.4 is 11.1 Å². The van der Waals surface area contributed by atoms with Gasteiger partial charge in [0.25, 0.3) is 0 Å². The van der Waals surface area contributed by atoms with Crippen LogP contribution in [-0.2, 0) is 4.79 Å². The summed E-state index contributed by atoms with van der Waals surface area (Å²) in [4.78, 5) is 18.4.